The zero-order chi connectivity index (χ0) is 8.04. The number of nitriles is 1. The van der Waals surface area contributed by atoms with Gasteiger partial charge in [-0.05, 0) is 12.5 Å². The molecule has 10 heavy (non-hydrogen) atoms. The number of hydrogen-bond donors (Lipinski definition) is 0. The average Bonchev–Trinajstić information content (AvgIpc) is 1.89. The molecule has 0 aliphatic rings. The lowest BCUT2D eigenvalue weighted by atomic mass is 10.4. The summed E-state index contributed by atoms with van der Waals surface area (Å²) in [7, 11) is -1.34. The van der Waals surface area contributed by atoms with Crippen molar-refractivity contribution in [1.29, 1.82) is 5.26 Å². The molecule has 0 amide bonds. The maximum atomic E-state index is 8.25. The summed E-state index contributed by atoms with van der Waals surface area (Å²) in [6, 6.07) is 3.20. The topological polar surface area (TPSA) is 23.8 Å². The highest BCUT2D eigenvalue weighted by Crippen LogP contribution is 2.11. The number of rotatable bonds is 3. The Morgan fingerprint density at radius 3 is 2.50 bits per heavy atom. The van der Waals surface area contributed by atoms with Gasteiger partial charge in [-0.2, -0.15) is 5.26 Å². The highest BCUT2D eigenvalue weighted by molar-refractivity contribution is 6.84. The van der Waals surface area contributed by atoms with Crippen LogP contribution < -0.4 is 0 Å². The van der Waals surface area contributed by atoms with Crippen LogP contribution in [0.5, 0.6) is 0 Å². The first-order chi connectivity index (χ1) is 4.62. The van der Waals surface area contributed by atoms with E-state index in [-0.39, 0.29) is 0 Å². The van der Waals surface area contributed by atoms with Gasteiger partial charge in [0.05, 0.1) is 6.07 Å². The maximum absolute atomic E-state index is 8.25. The van der Waals surface area contributed by atoms with Gasteiger partial charge in [-0.3, -0.25) is 0 Å². The van der Waals surface area contributed by atoms with E-state index in [9.17, 15) is 0 Å². The van der Waals surface area contributed by atoms with E-state index in [1.54, 1.807) is 0 Å². The van der Waals surface area contributed by atoms with Gasteiger partial charge in [0.1, 0.15) is 8.07 Å². The quantitative estimate of drug-likeness (QED) is 0.344. The van der Waals surface area contributed by atoms with Crippen LogP contribution >= 0.6 is 0 Å². The molecular weight excluding hydrogens is 138 g/mol. The van der Waals surface area contributed by atoms with Gasteiger partial charge in [0.2, 0.25) is 0 Å². The third kappa shape index (κ3) is 4.18. The van der Waals surface area contributed by atoms with E-state index < -0.39 is 8.07 Å². The van der Waals surface area contributed by atoms with Crippen LogP contribution in [0, 0.1) is 23.3 Å². The first kappa shape index (κ1) is 9.27. The first-order valence-corrected chi connectivity index (χ1v) is 6.68. The van der Waals surface area contributed by atoms with E-state index in [2.05, 4.69) is 24.7 Å². The molecule has 0 spiro atoms. The molecule has 0 saturated carbocycles. The zero-order valence-electron chi connectivity index (χ0n) is 6.65. The van der Waals surface area contributed by atoms with Crippen molar-refractivity contribution >= 4 is 8.07 Å². The van der Waals surface area contributed by atoms with Gasteiger partial charge in [-0.25, -0.2) is 0 Å². The molecule has 0 atom stereocenters. The summed E-state index contributed by atoms with van der Waals surface area (Å²) in [5, 5.41) is 8.25. The third-order valence-corrected chi connectivity index (χ3v) is 3.87. The summed E-state index contributed by atoms with van der Waals surface area (Å²) in [5.41, 5.74) is 2.83. The predicted octanol–water partition coefficient (Wildman–Crippen LogP) is 2.17. The van der Waals surface area contributed by atoms with Crippen molar-refractivity contribution in [3.63, 3.8) is 0 Å². The van der Waals surface area contributed by atoms with Gasteiger partial charge in [0.25, 0.3) is 0 Å². The Morgan fingerprint density at radius 2 is 2.10 bits per heavy atom. The van der Waals surface area contributed by atoms with Crippen molar-refractivity contribution in [3.05, 3.63) is 0 Å². The standard InChI is InChI=1S/C8H13NSi/c1-4-10(2,3)8-6-5-7-9/h1H,5-6,8H2,2-3H3. The van der Waals surface area contributed by atoms with Gasteiger partial charge < -0.3 is 0 Å². The minimum Gasteiger partial charge on any atom is -0.198 e. The summed E-state index contributed by atoms with van der Waals surface area (Å²) in [4.78, 5) is 0. The monoisotopic (exact) mass is 151 g/mol. The molecule has 2 heteroatoms. The Morgan fingerprint density at radius 1 is 1.50 bits per heavy atom. The van der Waals surface area contributed by atoms with Crippen LogP contribution in [-0.2, 0) is 0 Å². The van der Waals surface area contributed by atoms with Crippen molar-refractivity contribution in [2.45, 2.75) is 32.0 Å². The van der Waals surface area contributed by atoms with Crippen LogP contribution in [0.1, 0.15) is 12.8 Å². The van der Waals surface area contributed by atoms with Gasteiger partial charge in [0.15, 0.2) is 0 Å². The van der Waals surface area contributed by atoms with Crippen LogP contribution in [0.15, 0.2) is 0 Å². The van der Waals surface area contributed by atoms with E-state index >= 15 is 0 Å². The SMILES string of the molecule is C#C[Si](C)(C)CCCC#N. The van der Waals surface area contributed by atoms with Gasteiger partial charge in [0, 0.05) is 6.42 Å². The molecule has 0 fully saturated rings. The van der Waals surface area contributed by atoms with Gasteiger partial charge >= 0.3 is 0 Å². The van der Waals surface area contributed by atoms with Crippen molar-refractivity contribution in [2.75, 3.05) is 0 Å². The lowest BCUT2D eigenvalue weighted by Crippen LogP contribution is -2.22. The second kappa shape index (κ2) is 4.14. The fraction of sp³-hybridized carbons (Fsp3) is 0.625. The Labute approximate surface area is 64.1 Å². The second-order valence-electron chi connectivity index (χ2n) is 3.04. The minimum absolute atomic E-state index is 0.651. The number of terminal acetylenes is 1. The van der Waals surface area contributed by atoms with Crippen LogP contribution in [-0.4, -0.2) is 8.07 Å². The Kier molecular flexibility index (Phi) is 3.84. The Hall–Kier alpha value is -0.733. The Balaban J connectivity index is 3.52. The smallest absolute Gasteiger partial charge is 0.132 e. The van der Waals surface area contributed by atoms with E-state index in [0.29, 0.717) is 6.42 Å². The normalized spacial score (nSPS) is 10.0. The summed E-state index contributed by atoms with van der Waals surface area (Å²) in [5.74, 6) is 0. The van der Waals surface area contributed by atoms with Gasteiger partial charge in [-0.15, -0.1) is 12.0 Å². The molecule has 54 valence electrons. The van der Waals surface area contributed by atoms with E-state index in [1.807, 2.05) is 0 Å². The molecule has 0 N–H and O–H groups in total. The molecule has 0 rings (SSSR count). The maximum Gasteiger partial charge on any atom is 0.132 e. The average molecular weight is 151 g/mol. The molecular formula is C8H13NSi. The van der Waals surface area contributed by atoms with E-state index in [1.165, 1.54) is 0 Å². The fourth-order valence-corrected chi connectivity index (χ4v) is 1.89. The highest BCUT2D eigenvalue weighted by atomic mass is 28.3. The number of nitrogens with zero attached hydrogens (tertiary/aromatic N) is 1. The second-order valence-corrected chi connectivity index (χ2v) is 7.60. The molecule has 0 aliphatic heterocycles. The molecule has 0 bridgehead atoms. The van der Waals surface area contributed by atoms with Crippen LogP contribution in [0.3, 0.4) is 0 Å². The molecule has 1 nitrogen and oxygen atoms in total. The summed E-state index contributed by atoms with van der Waals surface area (Å²) in [6.45, 7) is 4.31. The first-order valence-electron chi connectivity index (χ1n) is 3.47. The zero-order valence-corrected chi connectivity index (χ0v) is 7.65. The lowest BCUT2D eigenvalue weighted by molar-refractivity contribution is 0.948. The number of hydrogen-bond acceptors (Lipinski definition) is 1. The molecule has 0 aromatic carbocycles. The van der Waals surface area contributed by atoms with Crippen molar-refractivity contribution in [2.24, 2.45) is 0 Å². The van der Waals surface area contributed by atoms with Crippen LogP contribution in [0.4, 0.5) is 0 Å². The lowest BCUT2D eigenvalue weighted by Gasteiger charge is -2.11. The number of unbranched alkanes of at least 4 members (excludes halogenated alkanes) is 1. The minimum atomic E-state index is -1.34. The Bertz CT molecular complexity index is 171. The largest absolute Gasteiger partial charge is 0.198 e. The molecule has 0 saturated heterocycles. The van der Waals surface area contributed by atoms with Gasteiger partial charge in [-0.1, -0.05) is 13.1 Å². The van der Waals surface area contributed by atoms with E-state index in [4.69, 9.17) is 11.7 Å². The summed E-state index contributed by atoms with van der Waals surface area (Å²) < 4.78 is 0. The molecule has 0 unspecified atom stereocenters. The van der Waals surface area contributed by atoms with E-state index in [0.717, 1.165) is 12.5 Å². The highest BCUT2D eigenvalue weighted by Gasteiger charge is 2.15. The summed E-state index contributed by atoms with van der Waals surface area (Å²) >= 11 is 0. The fourth-order valence-electron chi connectivity index (χ4n) is 0.682. The third-order valence-electron chi connectivity index (χ3n) is 1.48. The molecule has 0 radical (unpaired) electrons. The molecule has 0 heterocycles. The van der Waals surface area contributed by atoms with Crippen molar-refractivity contribution < 1.29 is 0 Å². The van der Waals surface area contributed by atoms with Crippen molar-refractivity contribution in [1.82, 2.24) is 0 Å². The molecule has 0 aromatic heterocycles. The molecule has 0 aliphatic carbocycles. The van der Waals surface area contributed by atoms with Crippen LogP contribution in [0.25, 0.3) is 0 Å². The molecule has 0 aromatic rings. The van der Waals surface area contributed by atoms with Crippen molar-refractivity contribution in [3.8, 4) is 18.0 Å². The predicted molar refractivity (Wildman–Crippen MR) is 46.0 cm³/mol. The summed E-state index contributed by atoms with van der Waals surface area (Å²) in [6.07, 6.45) is 6.94. The van der Waals surface area contributed by atoms with Crippen LogP contribution in [0.2, 0.25) is 19.1 Å².